The van der Waals surface area contributed by atoms with Crippen molar-refractivity contribution in [1.82, 2.24) is 10.1 Å². The molecule has 0 saturated carbocycles. The third-order valence-corrected chi connectivity index (χ3v) is 4.77. The summed E-state index contributed by atoms with van der Waals surface area (Å²) >= 11 is 11.9. The number of benzene rings is 2. The van der Waals surface area contributed by atoms with Crippen LogP contribution in [-0.4, -0.2) is 22.6 Å². The van der Waals surface area contributed by atoms with Gasteiger partial charge in [-0.3, -0.25) is 4.79 Å². The first-order valence-corrected chi connectivity index (χ1v) is 8.62. The van der Waals surface area contributed by atoms with E-state index in [4.69, 9.17) is 27.7 Å². The van der Waals surface area contributed by atoms with Gasteiger partial charge in [-0.05, 0) is 42.5 Å². The lowest BCUT2D eigenvalue weighted by atomic mass is 10.1. The van der Waals surface area contributed by atoms with Crippen molar-refractivity contribution in [1.29, 1.82) is 0 Å². The fourth-order valence-corrected chi connectivity index (χ4v) is 3.32. The van der Waals surface area contributed by atoms with E-state index in [-0.39, 0.29) is 23.3 Å². The zero-order valence-electron chi connectivity index (χ0n) is 13.3. The summed E-state index contributed by atoms with van der Waals surface area (Å²) in [6.07, 6.45) is 0.218. The molecule has 1 saturated heterocycles. The molecule has 4 rings (SSSR count). The van der Waals surface area contributed by atoms with Gasteiger partial charge < -0.3 is 9.42 Å². The highest BCUT2D eigenvalue weighted by Crippen LogP contribution is 2.35. The lowest BCUT2D eigenvalue weighted by molar-refractivity contribution is -0.117. The Balaban J connectivity index is 1.56. The number of carbonyl (C=O) groups is 1. The topological polar surface area (TPSA) is 59.2 Å². The molecule has 5 nitrogen and oxygen atoms in total. The molecule has 1 aromatic heterocycles. The third-order valence-electron chi connectivity index (χ3n) is 4.22. The summed E-state index contributed by atoms with van der Waals surface area (Å²) in [6, 6.07) is 11.0. The van der Waals surface area contributed by atoms with E-state index in [0.29, 0.717) is 29.0 Å². The number of aromatic nitrogens is 2. The Labute approximate surface area is 158 Å². The zero-order valence-corrected chi connectivity index (χ0v) is 14.8. The molecule has 1 aliphatic rings. The Morgan fingerprint density at radius 2 is 1.92 bits per heavy atom. The zero-order chi connectivity index (χ0) is 18.3. The van der Waals surface area contributed by atoms with E-state index >= 15 is 0 Å². The van der Waals surface area contributed by atoms with Crippen LogP contribution >= 0.6 is 23.2 Å². The molecule has 0 N–H and O–H groups in total. The Bertz CT molecular complexity index is 975. The first-order valence-electron chi connectivity index (χ1n) is 7.86. The van der Waals surface area contributed by atoms with Crippen molar-refractivity contribution in [3.63, 3.8) is 0 Å². The van der Waals surface area contributed by atoms with Crippen LogP contribution < -0.4 is 4.90 Å². The summed E-state index contributed by atoms with van der Waals surface area (Å²) in [5.41, 5.74) is 1.24. The molecule has 1 aliphatic heterocycles. The largest absolute Gasteiger partial charge is 0.339 e. The van der Waals surface area contributed by atoms with Crippen LogP contribution in [0.25, 0.3) is 11.4 Å². The second-order valence-electron chi connectivity index (χ2n) is 5.96. The van der Waals surface area contributed by atoms with Gasteiger partial charge in [-0.15, -0.1) is 0 Å². The SMILES string of the molecule is O=C1CC(c2nc(-c3ccc(Cl)cc3)no2)CN1c1ccc(F)cc1Cl. The molecule has 0 aliphatic carbocycles. The van der Waals surface area contributed by atoms with Crippen molar-refractivity contribution in [3.05, 3.63) is 64.2 Å². The number of anilines is 1. The van der Waals surface area contributed by atoms with Gasteiger partial charge in [0.05, 0.1) is 16.6 Å². The predicted octanol–water partition coefficient (Wildman–Crippen LogP) is 4.70. The number of hydrogen-bond donors (Lipinski definition) is 0. The minimum atomic E-state index is -0.452. The Morgan fingerprint density at radius 1 is 1.15 bits per heavy atom. The Morgan fingerprint density at radius 3 is 2.65 bits per heavy atom. The minimum absolute atomic E-state index is 0.130. The first kappa shape index (κ1) is 17.0. The van der Waals surface area contributed by atoms with Crippen LogP contribution in [-0.2, 0) is 4.79 Å². The van der Waals surface area contributed by atoms with Crippen molar-refractivity contribution in [2.45, 2.75) is 12.3 Å². The minimum Gasteiger partial charge on any atom is -0.339 e. The number of amides is 1. The summed E-state index contributed by atoms with van der Waals surface area (Å²) in [7, 11) is 0. The normalized spacial score (nSPS) is 17.1. The molecular weight excluding hydrogens is 380 g/mol. The van der Waals surface area contributed by atoms with E-state index in [1.807, 2.05) is 0 Å². The number of halogens is 3. The van der Waals surface area contributed by atoms with Crippen molar-refractivity contribution in [3.8, 4) is 11.4 Å². The maximum absolute atomic E-state index is 13.2. The molecular formula is C18H12Cl2FN3O2. The van der Waals surface area contributed by atoms with E-state index in [2.05, 4.69) is 10.1 Å². The summed E-state index contributed by atoms with van der Waals surface area (Å²) in [5, 5.41) is 4.78. The molecule has 1 atom stereocenters. The van der Waals surface area contributed by atoms with E-state index < -0.39 is 5.82 Å². The molecule has 26 heavy (non-hydrogen) atoms. The molecule has 8 heteroatoms. The van der Waals surface area contributed by atoms with Crippen LogP contribution in [0.2, 0.25) is 10.0 Å². The standard InChI is InChI=1S/C18H12Cl2FN3O2/c19-12-3-1-10(2-4-12)17-22-18(26-23-17)11-7-16(25)24(9-11)15-6-5-13(21)8-14(15)20/h1-6,8,11H,7,9H2. The van der Waals surface area contributed by atoms with Gasteiger partial charge in [-0.25, -0.2) is 4.39 Å². The molecule has 3 aromatic rings. The fourth-order valence-electron chi connectivity index (χ4n) is 2.92. The quantitative estimate of drug-likeness (QED) is 0.648. The fraction of sp³-hybridized carbons (Fsp3) is 0.167. The highest BCUT2D eigenvalue weighted by Gasteiger charge is 2.36. The molecule has 1 fully saturated rings. The van der Waals surface area contributed by atoms with Crippen LogP contribution in [0, 0.1) is 5.82 Å². The number of carbonyl (C=O) groups excluding carboxylic acids is 1. The summed E-state index contributed by atoms with van der Waals surface area (Å²) in [6.45, 7) is 0.340. The van der Waals surface area contributed by atoms with Crippen molar-refractivity contribution in [2.24, 2.45) is 0 Å². The van der Waals surface area contributed by atoms with Gasteiger partial charge in [0.1, 0.15) is 5.82 Å². The second-order valence-corrected chi connectivity index (χ2v) is 6.81. The van der Waals surface area contributed by atoms with Crippen LogP contribution in [0.3, 0.4) is 0 Å². The van der Waals surface area contributed by atoms with Gasteiger partial charge >= 0.3 is 0 Å². The second kappa shape index (κ2) is 6.70. The molecule has 132 valence electrons. The average Bonchev–Trinajstić information content (AvgIpc) is 3.23. The monoisotopic (exact) mass is 391 g/mol. The van der Waals surface area contributed by atoms with Gasteiger partial charge in [-0.1, -0.05) is 28.4 Å². The lowest BCUT2D eigenvalue weighted by Gasteiger charge is -2.17. The molecule has 0 bridgehead atoms. The summed E-state index contributed by atoms with van der Waals surface area (Å²) in [5.74, 6) is -0.0233. The molecule has 2 aromatic carbocycles. The Kier molecular flexibility index (Phi) is 4.38. The maximum atomic E-state index is 13.2. The highest BCUT2D eigenvalue weighted by atomic mass is 35.5. The Hall–Kier alpha value is -2.44. The third kappa shape index (κ3) is 3.18. The van der Waals surface area contributed by atoms with E-state index in [1.54, 1.807) is 24.3 Å². The van der Waals surface area contributed by atoms with Crippen LogP contribution in [0.15, 0.2) is 47.0 Å². The van der Waals surface area contributed by atoms with Crippen molar-refractivity contribution >= 4 is 34.8 Å². The smallest absolute Gasteiger partial charge is 0.232 e. The lowest BCUT2D eigenvalue weighted by Crippen LogP contribution is -2.24. The van der Waals surface area contributed by atoms with E-state index in [1.165, 1.54) is 23.1 Å². The highest BCUT2D eigenvalue weighted by molar-refractivity contribution is 6.33. The van der Waals surface area contributed by atoms with E-state index in [0.717, 1.165) is 5.56 Å². The van der Waals surface area contributed by atoms with Gasteiger partial charge in [0, 0.05) is 23.6 Å². The first-order chi connectivity index (χ1) is 12.5. The van der Waals surface area contributed by atoms with Crippen LogP contribution in [0.5, 0.6) is 0 Å². The average molecular weight is 392 g/mol. The van der Waals surface area contributed by atoms with E-state index in [9.17, 15) is 9.18 Å². The van der Waals surface area contributed by atoms with Gasteiger partial charge in [0.2, 0.25) is 17.6 Å². The molecule has 1 unspecified atom stereocenters. The number of hydrogen-bond acceptors (Lipinski definition) is 4. The van der Waals surface area contributed by atoms with Crippen LogP contribution in [0.4, 0.5) is 10.1 Å². The van der Waals surface area contributed by atoms with Crippen molar-refractivity contribution < 1.29 is 13.7 Å². The maximum Gasteiger partial charge on any atom is 0.232 e. The predicted molar refractivity (Wildman–Crippen MR) is 95.9 cm³/mol. The summed E-state index contributed by atoms with van der Waals surface area (Å²) in [4.78, 5) is 18.3. The molecule has 1 amide bonds. The van der Waals surface area contributed by atoms with Gasteiger partial charge in [0.15, 0.2) is 0 Å². The number of rotatable bonds is 3. The number of nitrogens with zero attached hydrogens (tertiary/aromatic N) is 3. The molecule has 2 heterocycles. The van der Waals surface area contributed by atoms with Crippen molar-refractivity contribution in [2.75, 3.05) is 11.4 Å². The van der Waals surface area contributed by atoms with Gasteiger partial charge in [-0.2, -0.15) is 4.98 Å². The molecule has 0 spiro atoms. The summed E-state index contributed by atoms with van der Waals surface area (Å²) < 4.78 is 18.6. The molecule has 0 radical (unpaired) electrons. The van der Waals surface area contributed by atoms with Crippen LogP contribution in [0.1, 0.15) is 18.2 Å². The van der Waals surface area contributed by atoms with Gasteiger partial charge in [0.25, 0.3) is 0 Å².